The number of aromatic carboxylic acids is 1. The highest BCUT2D eigenvalue weighted by Gasteiger charge is 2.15. The summed E-state index contributed by atoms with van der Waals surface area (Å²) in [6.45, 7) is 0. The normalized spacial score (nSPS) is 10.3. The number of hydrogen-bond acceptors (Lipinski definition) is 6. The second-order valence-electron chi connectivity index (χ2n) is 5.12. The molecule has 0 saturated carbocycles. The monoisotopic (exact) mass is 371 g/mol. The second kappa shape index (κ2) is 8.99. The molecular weight excluding hydrogens is 354 g/mol. The standard InChI is InChI=1S/C18H17N3O6/c1-26-14-8-7-11(9-12(14)18(24)25)10-19-21-17(23)16(22)20-13-5-3-4-6-15(13)27-2/h3-10H,1-2H3,(H,20,22)(H,21,23)(H,24,25)/b19-10-. The number of hydrogen-bond donors (Lipinski definition) is 3. The van der Waals surface area contributed by atoms with Crippen molar-refractivity contribution in [3.05, 3.63) is 53.6 Å². The summed E-state index contributed by atoms with van der Waals surface area (Å²) in [7, 11) is 2.80. The van der Waals surface area contributed by atoms with Crippen molar-refractivity contribution in [1.82, 2.24) is 5.43 Å². The number of rotatable bonds is 6. The lowest BCUT2D eigenvalue weighted by molar-refractivity contribution is -0.136. The maximum atomic E-state index is 11.9. The smallest absolute Gasteiger partial charge is 0.339 e. The van der Waals surface area contributed by atoms with Crippen LogP contribution in [0.5, 0.6) is 11.5 Å². The van der Waals surface area contributed by atoms with Crippen molar-refractivity contribution in [1.29, 1.82) is 0 Å². The Labute approximate surface area is 154 Å². The Bertz CT molecular complexity index is 894. The zero-order valence-corrected chi connectivity index (χ0v) is 14.6. The van der Waals surface area contributed by atoms with Crippen LogP contribution in [-0.2, 0) is 9.59 Å². The SMILES string of the molecule is COc1ccccc1NC(=O)C(=O)N/N=C\c1ccc(OC)c(C(=O)O)c1. The minimum atomic E-state index is -1.16. The first kappa shape index (κ1) is 19.4. The van der Waals surface area contributed by atoms with Crippen molar-refractivity contribution in [2.45, 2.75) is 0 Å². The Balaban J connectivity index is 2.01. The van der Waals surface area contributed by atoms with Crippen molar-refractivity contribution in [2.24, 2.45) is 5.10 Å². The van der Waals surface area contributed by atoms with Crippen LogP contribution in [0.2, 0.25) is 0 Å². The van der Waals surface area contributed by atoms with Gasteiger partial charge in [0.15, 0.2) is 0 Å². The number of nitrogens with zero attached hydrogens (tertiary/aromatic N) is 1. The van der Waals surface area contributed by atoms with E-state index in [0.717, 1.165) is 0 Å². The molecule has 0 bridgehead atoms. The van der Waals surface area contributed by atoms with Gasteiger partial charge in [-0.15, -0.1) is 0 Å². The molecule has 140 valence electrons. The Morgan fingerprint density at radius 1 is 1.00 bits per heavy atom. The van der Waals surface area contributed by atoms with E-state index >= 15 is 0 Å². The molecule has 2 rings (SSSR count). The maximum Gasteiger partial charge on any atom is 0.339 e. The van der Waals surface area contributed by atoms with Gasteiger partial charge in [0.05, 0.1) is 26.1 Å². The second-order valence-corrected chi connectivity index (χ2v) is 5.12. The van der Waals surface area contributed by atoms with Gasteiger partial charge in [-0.1, -0.05) is 12.1 Å². The third-order valence-electron chi connectivity index (χ3n) is 3.40. The van der Waals surface area contributed by atoms with Gasteiger partial charge in [-0.3, -0.25) is 9.59 Å². The summed E-state index contributed by atoms with van der Waals surface area (Å²) in [5, 5.41) is 15.2. The number of carboxylic acids is 1. The topological polar surface area (TPSA) is 126 Å². The number of hydrazone groups is 1. The Morgan fingerprint density at radius 2 is 1.70 bits per heavy atom. The first-order chi connectivity index (χ1) is 13.0. The van der Waals surface area contributed by atoms with E-state index in [0.29, 0.717) is 17.0 Å². The summed E-state index contributed by atoms with van der Waals surface area (Å²) in [6.07, 6.45) is 1.21. The molecule has 27 heavy (non-hydrogen) atoms. The zero-order valence-electron chi connectivity index (χ0n) is 14.6. The van der Waals surface area contributed by atoms with E-state index < -0.39 is 17.8 Å². The summed E-state index contributed by atoms with van der Waals surface area (Å²) < 4.78 is 10.0. The van der Waals surface area contributed by atoms with Crippen LogP contribution in [0.4, 0.5) is 5.69 Å². The van der Waals surface area contributed by atoms with Crippen LogP contribution in [0.25, 0.3) is 0 Å². The number of carbonyl (C=O) groups excluding carboxylic acids is 2. The first-order valence-corrected chi connectivity index (χ1v) is 7.65. The van der Waals surface area contributed by atoms with Gasteiger partial charge in [-0.2, -0.15) is 5.10 Å². The van der Waals surface area contributed by atoms with E-state index in [2.05, 4.69) is 15.8 Å². The van der Waals surface area contributed by atoms with Gasteiger partial charge < -0.3 is 19.9 Å². The average molecular weight is 371 g/mol. The molecule has 0 aliphatic carbocycles. The molecule has 0 atom stereocenters. The molecule has 2 amide bonds. The third-order valence-corrected chi connectivity index (χ3v) is 3.40. The molecule has 0 spiro atoms. The average Bonchev–Trinajstić information content (AvgIpc) is 2.68. The quantitative estimate of drug-likeness (QED) is 0.401. The van der Waals surface area contributed by atoms with Gasteiger partial charge >= 0.3 is 17.8 Å². The predicted octanol–water partition coefficient (Wildman–Crippen LogP) is 1.49. The summed E-state index contributed by atoms with van der Waals surface area (Å²) in [4.78, 5) is 34.9. The number of methoxy groups -OCH3 is 2. The number of benzene rings is 2. The summed E-state index contributed by atoms with van der Waals surface area (Å²) in [6, 6.07) is 11.0. The maximum absolute atomic E-state index is 11.9. The molecule has 0 aliphatic rings. The molecule has 0 saturated heterocycles. The van der Waals surface area contributed by atoms with Gasteiger partial charge in [0.25, 0.3) is 0 Å². The van der Waals surface area contributed by atoms with E-state index in [-0.39, 0.29) is 11.3 Å². The van der Waals surface area contributed by atoms with Crippen LogP contribution in [0.3, 0.4) is 0 Å². The first-order valence-electron chi connectivity index (χ1n) is 7.65. The fraction of sp³-hybridized carbons (Fsp3) is 0.111. The Hall–Kier alpha value is -3.88. The minimum Gasteiger partial charge on any atom is -0.496 e. The summed E-state index contributed by atoms with van der Waals surface area (Å²) in [5.41, 5.74) is 2.75. The fourth-order valence-corrected chi connectivity index (χ4v) is 2.12. The molecular formula is C18H17N3O6. The third kappa shape index (κ3) is 5.05. The predicted molar refractivity (Wildman–Crippen MR) is 97.3 cm³/mol. The number of carbonyl (C=O) groups is 3. The van der Waals surface area contributed by atoms with Crippen LogP contribution in [0.15, 0.2) is 47.6 Å². The van der Waals surface area contributed by atoms with Crippen LogP contribution >= 0.6 is 0 Å². The lowest BCUT2D eigenvalue weighted by Gasteiger charge is -2.08. The molecule has 2 aromatic carbocycles. The van der Waals surface area contributed by atoms with Crippen molar-refractivity contribution >= 4 is 29.7 Å². The molecule has 2 aromatic rings. The number of carboxylic acid groups (broad SMARTS) is 1. The van der Waals surface area contributed by atoms with Crippen LogP contribution < -0.4 is 20.2 Å². The number of anilines is 1. The molecule has 0 aliphatic heterocycles. The van der Waals surface area contributed by atoms with Gasteiger partial charge in [0.2, 0.25) is 0 Å². The van der Waals surface area contributed by atoms with E-state index in [9.17, 15) is 14.4 Å². The highest BCUT2D eigenvalue weighted by atomic mass is 16.5. The van der Waals surface area contributed by atoms with Crippen molar-refractivity contribution < 1.29 is 29.0 Å². The highest BCUT2D eigenvalue weighted by molar-refractivity contribution is 6.39. The van der Waals surface area contributed by atoms with E-state index in [1.54, 1.807) is 30.3 Å². The van der Waals surface area contributed by atoms with Crippen LogP contribution in [-0.4, -0.2) is 43.3 Å². The number of amides is 2. The van der Waals surface area contributed by atoms with Crippen molar-refractivity contribution in [3.8, 4) is 11.5 Å². The van der Waals surface area contributed by atoms with Gasteiger partial charge in [0, 0.05) is 0 Å². The Kier molecular flexibility index (Phi) is 6.48. The fourth-order valence-electron chi connectivity index (χ4n) is 2.12. The molecule has 0 fully saturated rings. The lowest BCUT2D eigenvalue weighted by atomic mass is 10.1. The van der Waals surface area contributed by atoms with Crippen molar-refractivity contribution in [2.75, 3.05) is 19.5 Å². The minimum absolute atomic E-state index is 0.0540. The van der Waals surface area contributed by atoms with E-state index in [1.165, 1.54) is 32.6 Å². The zero-order chi connectivity index (χ0) is 19.8. The molecule has 0 aromatic heterocycles. The van der Waals surface area contributed by atoms with E-state index in [4.69, 9.17) is 14.6 Å². The molecule has 0 heterocycles. The largest absolute Gasteiger partial charge is 0.496 e. The number of ether oxygens (including phenoxy) is 2. The molecule has 9 nitrogen and oxygen atoms in total. The molecule has 9 heteroatoms. The van der Waals surface area contributed by atoms with E-state index in [1.807, 2.05) is 0 Å². The molecule has 0 radical (unpaired) electrons. The van der Waals surface area contributed by atoms with Crippen LogP contribution in [0.1, 0.15) is 15.9 Å². The number of nitrogens with one attached hydrogen (secondary N) is 2. The van der Waals surface area contributed by atoms with Gasteiger partial charge in [-0.05, 0) is 35.9 Å². The van der Waals surface area contributed by atoms with Gasteiger partial charge in [-0.25, -0.2) is 10.2 Å². The molecule has 3 N–H and O–H groups in total. The highest BCUT2D eigenvalue weighted by Crippen LogP contribution is 2.22. The van der Waals surface area contributed by atoms with Gasteiger partial charge in [0.1, 0.15) is 17.1 Å². The number of para-hydroxylation sites is 2. The van der Waals surface area contributed by atoms with Crippen molar-refractivity contribution in [3.63, 3.8) is 0 Å². The molecule has 0 unspecified atom stereocenters. The Morgan fingerprint density at radius 3 is 2.37 bits per heavy atom. The summed E-state index contributed by atoms with van der Waals surface area (Å²) in [5.74, 6) is -2.49. The lowest BCUT2D eigenvalue weighted by Crippen LogP contribution is -2.32. The van der Waals surface area contributed by atoms with Crippen LogP contribution in [0, 0.1) is 0 Å². The summed E-state index contributed by atoms with van der Waals surface area (Å²) >= 11 is 0.